The first kappa shape index (κ1) is 22.2. The molecule has 0 spiro atoms. The topological polar surface area (TPSA) is 64.6 Å². The van der Waals surface area contributed by atoms with Crippen molar-refractivity contribution < 1.29 is 19.1 Å². The van der Waals surface area contributed by atoms with Gasteiger partial charge in [-0.25, -0.2) is 0 Å². The molecule has 1 N–H and O–H groups in total. The number of ether oxygens (including phenoxy) is 2. The number of fused-ring (bicyclic) bond motifs is 3. The molecular weight excluding hydrogens is 426 g/mol. The number of rotatable bonds is 4. The van der Waals surface area contributed by atoms with Crippen LogP contribution in [0, 0.1) is 5.41 Å². The van der Waals surface area contributed by atoms with E-state index in [0.717, 1.165) is 45.3 Å². The summed E-state index contributed by atoms with van der Waals surface area (Å²) in [5.41, 5.74) is 4.76. The Morgan fingerprint density at radius 3 is 2.62 bits per heavy atom. The second-order valence-electron chi connectivity index (χ2n) is 9.88. The van der Waals surface area contributed by atoms with Gasteiger partial charge in [-0.15, -0.1) is 0 Å². The molecule has 1 aliphatic heterocycles. The summed E-state index contributed by atoms with van der Waals surface area (Å²) in [6, 6.07) is 18.1. The number of methoxy groups -OCH3 is 1. The lowest BCUT2D eigenvalue weighted by atomic mass is 9.68. The predicted octanol–water partition coefficient (Wildman–Crippen LogP) is 6.36. The van der Waals surface area contributed by atoms with Crippen molar-refractivity contribution in [2.45, 2.75) is 46.0 Å². The van der Waals surface area contributed by atoms with Gasteiger partial charge in [-0.3, -0.25) is 9.59 Å². The van der Waals surface area contributed by atoms with Crippen molar-refractivity contribution in [3.05, 3.63) is 77.0 Å². The van der Waals surface area contributed by atoms with Crippen molar-refractivity contribution in [1.29, 1.82) is 0 Å². The number of anilines is 1. The highest BCUT2D eigenvalue weighted by molar-refractivity contribution is 6.05. The summed E-state index contributed by atoms with van der Waals surface area (Å²) in [4.78, 5) is 25.4. The molecule has 1 unspecified atom stereocenters. The maximum atomic E-state index is 13.5. The molecule has 5 rings (SSSR count). The Labute approximate surface area is 199 Å². The Hall–Kier alpha value is -3.60. The molecule has 0 amide bonds. The molecule has 0 fully saturated rings. The summed E-state index contributed by atoms with van der Waals surface area (Å²) in [5, 5.41) is 5.94. The van der Waals surface area contributed by atoms with Crippen LogP contribution in [0.2, 0.25) is 0 Å². The molecule has 1 atom stereocenters. The van der Waals surface area contributed by atoms with Crippen LogP contribution in [0.4, 0.5) is 5.69 Å². The molecule has 0 bridgehead atoms. The lowest BCUT2D eigenvalue weighted by Crippen LogP contribution is -2.33. The van der Waals surface area contributed by atoms with Gasteiger partial charge in [-0.1, -0.05) is 63.2 Å². The van der Waals surface area contributed by atoms with E-state index >= 15 is 0 Å². The Kier molecular flexibility index (Phi) is 5.43. The molecule has 5 nitrogen and oxygen atoms in total. The van der Waals surface area contributed by atoms with Crippen LogP contribution in [0.1, 0.15) is 57.1 Å². The Bertz CT molecular complexity index is 1350. The van der Waals surface area contributed by atoms with Crippen molar-refractivity contribution in [2.75, 3.05) is 12.4 Å². The van der Waals surface area contributed by atoms with E-state index in [1.165, 1.54) is 0 Å². The first-order valence-corrected chi connectivity index (χ1v) is 11.7. The molecule has 0 saturated carbocycles. The van der Waals surface area contributed by atoms with Crippen LogP contribution in [0.3, 0.4) is 0 Å². The number of nitrogens with one attached hydrogen (secondary N) is 1. The number of ketones is 1. The van der Waals surface area contributed by atoms with Gasteiger partial charge in [0.1, 0.15) is 0 Å². The van der Waals surface area contributed by atoms with Crippen LogP contribution >= 0.6 is 0 Å². The molecule has 3 aromatic rings. The van der Waals surface area contributed by atoms with E-state index in [0.29, 0.717) is 17.9 Å². The molecule has 1 aliphatic carbocycles. The maximum absolute atomic E-state index is 13.5. The third kappa shape index (κ3) is 3.75. The molecule has 3 aromatic carbocycles. The van der Waals surface area contributed by atoms with Crippen LogP contribution in [0.5, 0.6) is 11.5 Å². The molecule has 0 aromatic heterocycles. The number of carbonyl (C=O) groups excluding carboxylic acids is 2. The van der Waals surface area contributed by atoms with Crippen LogP contribution in [0.25, 0.3) is 10.8 Å². The molecule has 5 heteroatoms. The minimum atomic E-state index is -0.320. The van der Waals surface area contributed by atoms with Crippen LogP contribution < -0.4 is 14.8 Å². The molecule has 34 heavy (non-hydrogen) atoms. The van der Waals surface area contributed by atoms with Crippen LogP contribution in [-0.2, 0) is 9.59 Å². The van der Waals surface area contributed by atoms with E-state index in [4.69, 9.17) is 9.47 Å². The molecule has 2 aliphatic rings. The van der Waals surface area contributed by atoms with E-state index in [1.807, 2.05) is 24.3 Å². The summed E-state index contributed by atoms with van der Waals surface area (Å²) in [5.74, 6) is 0.480. The summed E-state index contributed by atoms with van der Waals surface area (Å²) in [7, 11) is 1.56. The van der Waals surface area contributed by atoms with Gasteiger partial charge in [0.2, 0.25) is 0 Å². The number of benzene rings is 3. The average Bonchev–Trinajstić information content (AvgIpc) is 2.82. The molecule has 1 heterocycles. The molecule has 174 valence electrons. The van der Waals surface area contributed by atoms with Crippen molar-refractivity contribution in [1.82, 2.24) is 0 Å². The van der Waals surface area contributed by atoms with Gasteiger partial charge in [0.05, 0.1) is 12.8 Å². The van der Waals surface area contributed by atoms with Crippen molar-refractivity contribution in [2.24, 2.45) is 5.41 Å². The highest BCUT2D eigenvalue weighted by Gasteiger charge is 2.41. The van der Waals surface area contributed by atoms with Gasteiger partial charge in [0, 0.05) is 35.4 Å². The highest BCUT2D eigenvalue weighted by Crippen LogP contribution is 2.51. The lowest BCUT2D eigenvalue weighted by molar-refractivity contribution is -0.134. The van der Waals surface area contributed by atoms with Crippen LogP contribution in [-0.4, -0.2) is 18.9 Å². The summed E-state index contributed by atoms with van der Waals surface area (Å²) in [6.07, 6.45) is 1.59. The largest absolute Gasteiger partial charge is 0.493 e. The van der Waals surface area contributed by atoms with Crippen molar-refractivity contribution in [3.8, 4) is 11.5 Å². The molecule has 0 saturated heterocycles. The quantitative estimate of drug-likeness (QED) is 0.366. The minimum Gasteiger partial charge on any atom is -0.493 e. The fourth-order valence-electron chi connectivity index (χ4n) is 5.25. The number of hydrogen-bond acceptors (Lipinski definition) is 5. The Balaban J connectivity index is 1.71. The third-order valence-corrected chi connectivity index (χ3v) is 6.79. The van der Waals surface area contributed by atoms with Gasteiger partial charge in [0.25, 0.3) is 0 Å². The summed E-state index contributed by atoms with van der Waals surface area (Å²) in [6.45, 7) is 6.04. The van der Waals surface area contributed by atoms with Gasteiger partial charge in [-0.05, 0) is 40.5 Å². The normalized spacial score (nSPS) is 18.7. The first-order chi connectivity index (χ1) is 16.3. The number of allylic oxidation sites excluding steroid dienone is 2. The van der Waals surface area contributed by atoms with Crippen molar-refractivity contribution in [3.63, 3.8) is 0 Å². The smallest absolute Gasteiger partial charge is 0.311 e. The Morgan fingerprint density at radius 1 is 1.06 bits per heavy atom. The zero-order chi connectivity index (χ0) is 24.0. The van der Waals surface area contributed by atoms with Crippen LogP contribution in [0.15, 0.2) is 65.9 Å². The zero-order valence-corrected chi connectivity index (χ0v) is 20.0. The molecule has 0 radical (unpaired) electrons. The number of esters is 1. The summed E-state index contributed by atoms with van der Waals surface area (Å²) < 4.78 is 11.0. The van der Waals surface area contributed by atoms with Gasteiger partial charge in [0.15, 0.2) is 17.3 Å². The fourth-order valence-corrected chi connectivity index (χ4v) is 5.25. The number of hydrogen-bond donors (Lipinski definition) is 1. The summed E-state index contributed by atoms with van der Waals surface area (Å²) >= 11 is 0. The SMILES string of the molecule is CCC(=O)Oc1ccc(C2C3=C(CC(C)(C)CC3=O)Nc3c2ccc2ccccc32)cc1OC. The van der Waals surface area contributed by atoms with E-state index in [1.54, 1.807) is 20.1 Å². The van der Waals surface area contributed by atoms with Gasteiger partial charge in [-0.2, -0.15) is 0 Å². The number of carbonyl (C=O) groups is 2. The number of Topliss-reactive ketones (excluding diaryl/α,β-unsaturated/α-hetero) is 1. The second kappa shape index (κ2) is 8.32. The zero-order valence-electron chi connectivity index (χ0n) is 20.0. The van der Waals surface area contributed by atoms with Crippen molar-refractivity contribution >= 4 is 28.2 Å². The van der Waals surface area contributed by atoms with E-state index in [-0.39, 0.29) is 29.5 Å². The minimum absolute atomic E-state index is 0.106. The third-order valence-electron chi connectivity index (χ3n) is 6.79. The standard InChI is InChI=1S/C29H29NO4/c1-5-25(32)34-23-13-11-18(14-24(23)33-4)26-20-12-10-17-8-6-7-9-19(17)28(20)30-21-15-29(2,3)16-22(31)27(21)26/h6-14,26,30H,5,15-16H2,1-4H3. The van der Waals surface area contributed by atoms with Gasteiger partial charge >= 0.3 is 5.97 Å². The molecular formula is C29H29NO4. The fraction of sp³-hybridized carbons (Fsp3) is 0.310. The Morgan fingerprint density at radius 2 is 1.85 bits per heavy atom. The van der Waals surface area contributed by atoms with Gasteiger partial charge < -0.3 is 14.8 Å². The highest BCUT2D eigenvalue weighted by atomic mass is 16.6. The predicted molar refractivity (Wildman–Crippen MR) is 133 cm³/mol. The lowest BCUT2D eigenvalue weighted by Gasteiger charge is -2.40. The van der Waals surface area contributed by atoms with E-state index in [2.05, 4.69) is 43.4 Å². The maximum Gasteiger partial charge on any atom is 0.311 e. The monoisotopic (exact) mass is 455 g/mol. The second-order valence-corrected chi connectivity index (χ2v) is 9.88. The van der Waals surface area contributed by atoms with E-state index in [9.17, 15) is 9.59 Å². The average molecular weight is 456 g/mol. The van der Waals surface area contributed by atoms with E-state index < -0.39 is 0 Å². The first-order valence-electron chi connectivity index (χ1n) is 11.7.